The zero-order valence-electron chi connectivity index (χ0n) is 23.5. The highest BCUT2D eigenvalue weighted by Crippen LogP contribution is 2.41. The fourth-order valence-corrected chi connectivity index (χ4v) is 5.77. The third-order valence-electron chi connectivity index (χ3n) is 7.75. The summed E-state index contributed by atoms with van der Waals surface area (Å²) in [5.74, 6) is 0.284. The van der Waals surface area contributed by atoms with Crippen molar-refractivity contribution < 1.29 is 23.0 Å². The van der Waals surface area contributed by atoms with Gasteiger partial charge in [-0.2, -0.15) is 0 Å². The van der Waals surface area contributed by atoms with Gasteiger partial charge < -0.3 is 18.9 Å². The molecule has 40 heavy (non-hydrogen) atoms. The number of carbonyl (C=O) groups excluding carboxylic acids is 1. The van der Waals surface area contributed by atoms with Gasteiger partial charge in [-0.1, -0.05) is 0 Å². The van der Waals surface area contributed by atoms with E-state index in [4.69, 9.17) is 9.47 Å². The van der Waals surface area contributed by atoms with Crippen LogP contribution >= 0.6 is 0 Å². The van der Waals surface area contributed by atoms with Crippen LogP contribution in [0.4, 0.5) is 19.4 Å². The first-order valence-electron chi connectivity index (χ1n) is 13.4. The third kappa shape index (κ3) is 4.84. The Morgan fingerprint density at radius 1 is 1.20 bits per heavy atom. The number of piperidine rings is 1. The molecule has 2 bridgehead atoms. The summed E-state index contributed by atoms with van der Waals surface area (Å²) in [6.45, 7) is 7.47. The standard InChI is InChI=1S/C28H34F2N6O4/c1-7-35-14-19(29)16-11-18(22(39-6)12-17(16)26(35)37)25-31-13-23(32-33-25)34(5)21-10-15-8-9-20(24(21)30)36(15)27(38)40-28(2,3)4/h11-15,20-21,24H,7-10H2,1-6H3/t15-,20?,21-,24+/m0/s1. The molecular formula is C28H34F2N6O4. The van der Waals surface area contributed by atoms with Gasteiger partial charge in [-0.3, -0.25) is 9.69 Å². The predicted molar refractivity (Wildman–Crippen MR) is 146 cm³/mol. The van der Waals surface area contributed by atoms with E-state index in [1.807, 2.05) is 0 Å². The molecule has 2 aliphatic heterocycles. The van der Waals surface area contributed by atoms with Crippen LogP contribution < -0.4 is 15.2 Å². The summed E-state index contributed by atoms with van der Waals surface area (Å²) in [5, 5.41) is 8.84. The van der Waals surface area contributed by atoms with E-state index in [0.717, 1.165) is 0 Å². The summed E-state index contributed by atoms with van der Waals surface area (Å²) in [7, 11) is 3.17. The third-order valence-corrected chi connectivity index (χ3v) is 7.75. The van der Waals surface area contributed by atoms with E-state index >= 15 is 4.39 Å². The van der Waals surface area contributed by atoms with Crippen molar-refractivity contribution in [2.24, 2.45) is 0 Å². The van der Waals surface area contributed by atoms with Crippen molar-refractivity contribution in [3.63, 3.8) is 0 Å². The van der Waals surface area contributed by atoms with Crippen LogP contribution in [0.3, 0.4) is 0 Å². The van der Waals surface area contributed by atoms with Gasteiger partial charge in [0.2, 0.25) is 0 Å². The number of hydrogen-bond acceptors (Lipinski definition) is 8. The predicted octanol–water partition coefficient (Wildman–Crippen LogP) is 4.34. The monoisotopic (exact) mass is 556 g/mol. The number of aryl methyl sites for hydroxylation is 1. The molecule has 1 unspecified atom stereocenters. The first kappa shape index (κ1) is 27.7. The molecule has 2 saturated heterocycles. The fraction of sp³-hybridized carbons (Fsp3) is 0.536. The molecule has 2 aliphatic rings. The molecule has 3 aromatic rings. The summed E-state index contributed by atoms with van der Waals surface area (Å²) in [6.07, 6.45) is 2.56. The quantitative estimate of drug-likeness (QED) is 0.458. The van der Waals surface area contributed by atoms with Crippen molar-refractivity contribution in [2.45, 2.75) is 83.4 Å². The lowest BCUT2D eigenvalue weighted by atomic mass is 9.94. The molecule has 5 rings (SSSR count). The van der Waals surface area contributed by atoms with Crippen LogP contribution in [0, 0.1) is 5.82 Å². The fourth-order valence-electron chi connectivity index (χ4n) is 5.77. The minimum Gasteiger partial charge on any atom is -0.496 e. The van der Waals surface area contributed by atoms with E-state index in [2.05, 4.69) is 15.2 Å². The van der Waals surface area contributed by atoms with Crippen molar-refractivity contribution in [3.05, 3.63) is 40.7 Å². The molecule has 214 valence electrons. The van der Waals surface area contributed by atoms with Crippen molar-refractivity contribution in [2.75, 3.05) is 19.1 Å². The zero-order valence-corrected chi connectivity index (χ0v) is 23.5. The maximum absolute atomic E-state index is 15.8. The van der Waals surface area contributed by atoms with Crippen molar-refractivity contribution in [3.8, 4) is 17.1 Å². The van der Waals surface area contributed by atoms with Gasteiger partial charge in [0, 0.05) is 31.2 Å². The molecule has 10 nitrogen and oxygen atoms in total. The number of benzene rings is 1. The van der Waals surface area contributed by atoms with Crippen LogP contribution in [0.2, 0.25) is 0 Å². The van der Waals surface area contributed by atoms with Gasteiger partial charge in [-0.25, -0.2) is 18.6 Å². The molecule has 0 saturated carbocycles. The molecule has 1 aromatic carbocycles. The van der Waals surface area contributed by atoms with Gasteiger partial charge in [0.1, 0.15) is 23.3 Å². The molecule has 2 fully saturated rings. The molecule has 0 N–H and O–H groups in total. The summed E-state index contributed by atoms with van der Waals surface area (Å²) in [4.78, 5) is 33.2. The van der Waals surface area contributed by atoms with E-state index in [1.165, 1.54) is 36.2 Å². The van der Waals surface area contributed by atoms with Crippen LogP contribution in [0.25, 0.3) is 22.2 Å². The number of pyridine rings is 1. The van der Waals surface area contributed by atoms with Gasteiger partial charge in [0.15, 0.2) is 11.6 Å². The second-order valence-electron chi connectivity index (χ2n) is 11.4. The summed E-state index contributed by atoms with van der Waals surface area (Å²) < 4.78 is 42.9. The number of hydrogen-bond donors (Lipinski definition) is 0. The topological polar surface area (TPSA) is 103 Å². The Labute approximate surface area is 230 Å². The highest BCUT2D eigenvalue weighted by Gasteiger charge is 2.52. The summed E-state index contributed by atoms with van der Waals surface area (Å²) in [5.41, 5.74) is -0.615. The molecule has 0 aliphatic carbocycles. The van der Waals surface area contributed by atoms with Crippen LogP contribution in [-0.4, -0.2) is 74.8 Å². The smallest absolute Gasteiger partial charge is 0.410 e. The SMILES string of the molecule is CCn1cc(F)c2cc(-c3ncc(N(C)[C@H]4C[C@@H]5CCC([C@H]4F)N5C(=O)OC(C)(C)C)nn3)c(OC)cc2c1=O. The van der Waals surface area contributed by atoms with Crippen LogP contribution in [0.5, 0.6) is 5.75 Å². The number of fused-ring (bicyclic) bond motifs is 3. The lowest BCUT2D eigenvalue weighted by Crippen LogP contribution is -2.59. The Kier molecular flexibility index (Phi) is 7.13. The van der Waals surface area contributed by atoms with Crippen LogP contribution in [-0.2, 0) is 11.3 Å². The molecule has 4 heterocycles. The van der Waals surface area contributed by atoms with Crippen LogP contribution in [0.15, 0.2) is 29.3 Å². The average molecular weight is 557 g/mol. The van der Waals surface area contributed by atoms with Crippen LogP contribution in [0.1, 0.15) is 47.0 Å². The van der Waals surface area contributed by atoms with E-state index < -0.39 is 35.8 Å². The molecule has 0 radical (unpaired) electrons. The van der Waals surface area contributed by atoms with E-state index in [9.17, 15) is 14.0 Å². The molecule has 4 atom stereocenters. The minimum absolute atomic E-state index is 0.128. The van der Waals surface area contributed by atoms with E-state index in [-0.39, 0.29) is 28.2 Å². The molecule has 0 spiro atoms. The highest BCUT2D eigenvalue weighted by atomic mass is 19.1. The summed E-state index contributed by atoms with van der Waals surface area (Å²) in [6, 6.07) is 1.73. The number of ether oxygens (including phenoxy) is 2. The maximum atomic E-state index is 15.8. The number of aromatic nitrogens is 4. The first-order chi connectivity index (χ1) is 18.9. The molecule has 1 amide bonds. The van der Waals surface area contributed by atoms with Crippen molar-refractivity contribution in [1.29, 1.82) is 0 Å². The molecule has 2 aromatic heterocycles. The molecular weight excluding hydrogens is 522 g/mol. The maximum Gasteiger partial charge on any atom is 0.410 e. The second-order valence-corrected chi connectivity index (χ2v) is 11.4. The van der Waals surface area contributed by atoms with Gasteiger partial charge in [-0.05, 0) is 59.1 Å². The van der Waals surface area contributed by atoms with Gasteiger partial charge in [-0.15, -0.1) is 10.2 Å². The number of carbonyl (C=O) groups is 1. The zero-order chi connectivity index (χ0) is 28.9. The Bertz CT molecular complexity index is 1490. The average Bonchev–Trinajstić information content (AvgIpc) is 3.27. The second kappa shape index (κ2) is 10.3. The van der Waals surface area contributed by atoms with Crippen molar-refractivity contribution in [1.82, 2.24) is 24.6 Å². The van der Waals surface area contributed by atoms with Gasteiger partial charge in [0.25, 0.3) is 5.56 Å². The number of amides is 1. The molecule has 12 heteroatoms. The van der Waals surface area contributed by atoms with Gasteiger partial charge >= 0.3 is 6.09 Å². The number of rotatable bonds is 5. The lowest BCUT2D eigenvalue weighted by molar-refractivity contribution is -0.0104. The Morgan fingerprint density at radius 3 is 2.58 bits per heavy atom. The Balaban J connectivity index is 1.40. The number of alkyl halides is 1. The number of anilines is 1. The summed E-state index contributed by atoms with van der Waals surface area (Å²) >= 11 is 0. The van der Waals surface area contributed by atoms with E-state index in [1.54, 1.807) is 44.5 Å². The number of nitrogens with zero attached hydrogens (tertiary/aromatic N) is 6. The number of methoxy groups -OCH3 is 1. The largest absolute Gasteiger partial charge is 0.496 e. The van der Waals surface area contributed by atoms with Crippen molar-refractivity contribution >= 4 is 22.7 Å². The normalized spacial score (nSPS) is 22.4. The van der Waals surface area contributed by atoms with Gasteiger partial charge in [0.05, 0.1) is 36.3 Å². The highest BCUT2D eigenvalue weighted by molar-refractivity contribution is 5.89. The number of halogens is 2. The first-order valence-corrected chi connectivity index (χ1v) is 13.4. The Hall–Kier alpha value is -3.83. The minimum atomic E-state index is -1.31. The lowest BCUT2D eigenvalue weighted by Gasteiger charge is -2.44. The van der Waals surface area contributed by atoms with E-state index in [0.29, 0.717) is 42.9 Å². The Morgan fingerprint density at radius 2 is 1.95 bits per heavy atom.